The Kier molecular flexibility index (Phi) is 8.70. The second kappa shape index (κ2) is 12.6. The average Bonchev–Trinajstić information content (AvgIpc) is 3.86. The van der Waals surface area contributed by atoms with Crippen LogP contribution in [-0.2, 0) is 26.2 Å². The number of carbonyl (C=O) groups excluding carboxylic acids is 2. The van der Waals surface area contributed by atoms with Crippen LogP contribution in [-0.4, -0.2) is 73.1 Å². The van der Waals surface area contributed by atoms with E-state index in [-0.39, 0.29) is 17.9 Å². The van der Waals surface area contributed by atoms with Gasteiger partial charge in [-0.2, -0.15) is 0 Å². The topological polar surface area (TPSA) is 86.5 Å². The number of hydrogen-bond acceptors (Lipinski definition) is 6. The third-order valence-electron chi connectivity index (χ3n) is 11.2. The number of fused-ring (bicyclic) bond motifs is 3. The highest BCUT2D eigenvalue weighted by Gasteiger charge is 2.50. The van der Waals surface area contributed by atoms with Gasteiger partial charge in [0, 0.05) is 41.9 Å². The number of ether oxygens (including phenoxy) is 1. The highest BCUT2D eigenvalue weighted by Crippen LogP contribution is 2.45. The van der Waals surface area contributed by atoms with Crippen LogP contribution in [0.3, 0.4) is 0 Å². The van der Waals surface area contributed by atoms with E-state index in [4.69, 9.17) is 4.74 Å². The fourth-order valence-electron chi connectivity index (χ4n) is 8.57. The van der Waals surface area contributed by atoms with Gasteiger partial charge in [0.15, 0.2) is 0 Å². The second-order valence-electron chi connectivity index (χ2n) is 14.9. The van der Waals surface area contributed by atoms with Gasteiger partial charge in [-0.1, -0.05) is 17.2 Å². The molecule has 1 saturated carbocycles. The zero-order valence-electron chi connectivity index (χ0n) is 27.5. The van der Waals surface area contributed by atoms with E-state index in [0.29, 0.717) is 30.3 Å². The minimum Gasteiger partial charge on any atom is -0.368 e. The van der Waals surface area contributed by atoms with E-state index in [2.05, 4.69) is 72.5 Å². The molecule has 45 heavy (non-hydrogen) atoms. The van der Waals surface area contributed by atoms with Crippen molar-refractivity contribution in [3.63, 3.8) is 0 Å². The van der Waals surface area contributed by atoms with Gasteiger partial charge in [0.2, 0.25) is 5.91 Å². The van der Waals surface area contributed by atoms with Crippen molar-refractivity contribution >= 4 is 33.2 Å². The number of aromatic nitrogens is 1. The van der Waals surface area contributed by atoms with Gasteiger partial charge in [0.25, 0.3) is 0 Å². The summed E-state index contributed by atoms with van der Waals surface area (Å²) in [5.74, 6) is 1.66. The number of aromatic amines is 1. The molecule has 5 heterocycles. The van der Waals surface area contributed by atoms with E-state index in [1.54, 1.807) is 11.3 Å². The summed E-state index contributed by atoms with van der Waals surface area (Å²) in [6.45, 7) is 14.2. The molecule has 8 heteroatoms. The largest absolute Gasteiger partial charge is 0.368 e. The first-order valence-electron chi connectivity index (χ1n) is 17.3. The highest BCUT2D eigenvalue weighted by molar-refractivity contribution is 7.19. The summed E-state index contributed by atoms with van der Waals surface area (Å²) in [7, 11) is 0. The second-order valence-corrected chi connectivity index (χ2v) is 15.9. The molecule has 1 aromatic carbocycles. The van der Waals surface area contributed by atoms with E-state index in [1.165, 1.54) is 49.5 Å². The minimum atomic E-state index is -0.499. The van der Waals surface area contributed by atoms with E-state index < -0.39 is 5.41 Å². The number of rotatable bonds is 10. The van der Waals surface area contributed by atoms with Gasteiger partial charge in [-0.3, -0.25) is 9.59 Å². The van der Waals surface area contributed by atoms with Crippen molar-refractivity contribution in [1.29, 1.82) is 0 Å². The number of likely N-dealkylation sites (tertiary alicyclic amines) is 1. The number of hydrogen-bond donors (Lipinski definition) is 3. The van der Waals surface area contributed by atoms with Crippen LogP contribution in [0.4, 0.5) is 0 Å². The maximum absolute atomic E-state index is 14.0. The van der Waals surface area contributed by atoms with Crippen molar-refractivity contribution in [2.24, 2.45) is 17.8 Å². The molecule has 0 radical (unpaired) electrons. The number of aryl methyl sites for hydroxylation is 2. The van der Waals surface area contributed by atoms with Crippen molar-refractivity contribution in [3.05, 3.63) is 45.8 Å². The molecule has 4 unspecified atom stereocenters. The molecule has 3 saturated heterocycles. The third kappa shape index (κ3) is 6.16. The number of piperidine rings is 2. The van der Waals surface area contributed by atoms with Gasteiger partial charge in [0.05, 0.1) is 11.1 Å². The van der Waals surface area contributed by atoms with E-state index >= 15 is 0 Å². The lowest BCUT2D eigenvalue weighted by Crippen LogP contribution is -2.41. The predicted molar refractivity (Wildman–Crippen MR) is 182 cm³/mol. The zero-order valence-corrected chi connectivity index (χ0v) is 28.3. The molecule has 2 aromatic heterocycles. The molecular formula is C37H50N4O3S. The zero-order chi connectivity index (χ0) is 31.3. The Hall–Kier alpha value is -2.52. The van der Waals surface area contributed by atoms with Crippen LogP contribution in [0.2, 0.25) is 0 Å². The Morgan fingerprint density at radius 2 is 1.82 bits per heavy atom. The van der Waals surface area contributed by atoms with E-state index in [9.17, 15) is 9.59 Å². The number of carbonyl (C=O) groups is 2. The Morgan fingerprint density at radius 3 is 2.47 bits per heavy atom. The summed E-state index contributed by atoms with van der Waals surface area (Å²) in [5.41, 5.74) is 5.89. The van der Waals surface area contributed by atoms with Crippen molar-refractivity contribution in [3.8, 4) is 11.3 Å². The Balaban J connectivity index is 1.07. The van der Waals surface area contributed by atoms with Crippen LogP contribution in [0.25, 0.3) is 21.5 Å². The van der Waals surface area contributed by atoms with Crippen molar-refractivity contribution in [2.75, 3.05) is 39.3 Å². The number of benzene rings is 1. The summed E-state index contributed by atoms with van der Waals surface area (Å²) in [6.07, 6.45) is 7.07. The van der Waals surface area contributed by atoms with Crippen molar-refractivity contribution in [2.45, 2.75) is 90.2 Å². The third-order valence-corrected chi connectivity index (χ3v) is 12.6. The van der Waals surface area contributed by atoms with Gasteiger partial charge in [-0.15, -0.1) is 11.3 Å². The Morgan fingerprint density at radius 1 is 1.04 bits per heavy atom. The van der Waals surface area contributed by atoms with Gasteiger partial charge in [0.1, 0.15) is 16.7 Å². The number of thiophene rings is 1. The molecule has 4 aliphatic rings. The summed E-state index contributed by atoms with van der Waals surface area (Å²) in [5, 5.41) is 8.03. The molecule has 3 aliphatic heterocycles. The SMILES string of the molecule is Cc1cc(C)cc(-c2[nH]c3sc(C(C)(C)C(=O)C4C5CCC4NC5)cc3c2CCN2CCC(CNC(=O)C3CCCO3)CC2)c1. The smallest absolute Gasteiger partial charge is 0.249 e. The number of nitrogens with zero attached hydrogens (tertiary/aromatic N) is 1. The number of amides is 1. The normalized spacial score (nSPS) is 25.9. The highest BCUT2D eigenvalue weighted by atomic mass is 32.1. The fourth-order valence-corrected chi connectivity index (χ4v) is 9.77. The summed E-state index contributed by atoms with van der Waals surface area (Å²) >= 11 is 1.78. The van der Waals surface area contributed by atoms with Gasteiger partial charge < -0.3 is 25.3 Å². The Bertz CT molecular complexity index is 1520. The molecular weight excluding hydrogens is 580 g/mol. The lowest BCUT2D eigenvalue weighted by atomic mass is 9.76. The summed E-state index contributed by atoms with van der Waals surface area (Å²) in [6, 6.07) is 9.52. The molecule has 4 fully saturated rings. The lowest BCUT2D eigenvalue weighted by molar-refractivity contribution is -0.130. The van der Waals surface area contributed by atoms with Crippen LogP contribution < -0.4 is 10.6 Å². The van der Waals surface area contributed by atoms with Crippen molar-refractivity contribution in [1.82, 2.24) is 20.5 Å². The number of H-pyrrole nitrogens is 1. The average molecular weight is 631 g/mol. The standard InChI is InChI=1S/C37H50N4O3S/c1-22-16-23(2)18-26(17-22)33-27(11-14-41-12-9-24(10-13-41)20-39-35(43)30-6-5-15-44-30)28-19-31(45-36(28)40-33)37(3,4)34(42)32-25-7-8-29(32)38-21-25/h16-19,24-25,29-30,32,38,40H,5-15,20-21H2,1-4H3,(H,39,43). The first kappa shape index (κ1) is 31.1. The molecule has 242 valence electrons. The predicted octanol–water partition coefficient (Wildman–Crippen LogP) is 5.91. The first-order chi connectivity index (χ1) is 21.7. The monoisotopic (exact) mass is 630 g/mol. The Labute approximate surface area is 271 Å². The maximum Gasteiger partial charge on any atom is 0.249 e. The number of ketones is 1. The fraction of sp³-hybridized carbons (Fsp3) is 0.622. The van der Waals surface area contributed by atoms with Crippen LogP contribution in [0, 0.1) is 31.6 Å². The molecule has 3 aromatic rings. The first-order valence-corrected chi connectivity index (χ1v) is 18.1. The summed E-state index contributed by atoms with van der Waals surface area (Å²) < 4.78 is 5.55. The molecule has 4 atom stereocenters. The van der Waals surface area contributed by atoms with Gasteiger partial charge >= 0.3 is 0 Å². The molecule has 1 aliphatic carbocycles. The number of nitrogens with one attached hydrogen (secondary N) is 3. The van der Waals surface area contributed by atoms with Crippen LogP contribution in [0.5, 0.6) is 0 Å². The van der Waals surface area contributed by atoms with Crippen LogP contribution >= 0.6 is 11.3 Å². The van der Waals surface area contributed by atoms with Gasteiger partial charge in [-0.25, -0.2) is 0 Å². The lowest BCUT2D eigenvalue weighted by Gasteiger charge is -2.32. The van der Waals surface area contributed by atoms with Crippen molar-refractivity contribution < 1.29 is 14.3 Å². The van der Waals surface area contributed by atoms with Crippen LogP contribution in [0.1, 0.15) is 73.9 Å². The minimum absolute atomic E-state index is 0.0672. The number of Topliss-reactive ketones (excluding diaryl/α,β-unsaturated/α-hetero) is 1. The van der Waals surface area contributed by atoms with Crippen LogP contribution in [0.15, 0.2) is 24.3 Å². The molecule has 1 amide bonds. The molecule has 3 N–H and O–H groups in total. The molecule has 0 spiro atoms. The maximum atomic E-state index is 14.0. The molecule has 7 nitrogen and oxygen atoms in total. The van der Waals surface area contributed by atoms with E-state index in [1.807, 2.05) is 0 Å². The van der Waals surface area contributed by atoms with E-state index in [0.717, 1.165) is 71.2 Å². The van der Waals surface area contributed by atoms with Gasteiger partial charge in [-0.05, 0) is 133 Å². The quantitative estimate of drug-likeness (QED) is 0.260. The summed E-state index contributed by atoms with van der Waals surface area (Å²) in [4.78, 5) is 35.2. The molecule has 2 bridgehead atoms. The molecule has 7 rings (SSSR count).